The number of hydrazine groups is 1. The van der Waals surface area contributed by atoms with Crippen LogP contribution < -0.4 is 10.7 Å². The van der Waals surface area contributed by atoms with E-state index in [-0.39, 0.29) is 6.42 Å². The van der Waals surface area contributed by atoms with Gasteiger partial charge in [-0.2, -0.15) is 0 Å². The van der Waals surface area contributed by atoms with E-state index in [1.54, 1.807) is 5.01 Å². The molecule has 3 N–H and O–H groups in total. The van der Waals surface area contributed by atoms with Gasteiger partial charge in [0.1, 0.15) is 6.04 Å². The van der Waals surface area contributed by atoms with Crippen LogP contribution in [0, 0.1) is 0 Å². The normalized spacial score (nSPS) is 17.0. The average molecular weight is 293 g/mol. The second-order valence-electron chi connectivity index (χ2n) is 4.77. The molecule has 1 fully saturated rings. The number of ether oxygens (including phenoxy) is 1. The molecule has 0 radical (unpaired) electrons. The lowest BCUT2D eigenvalue weighted by atomic mass is 10.1. The minimum absolute atomic E-state index is 0.243. The first-order chi connectivity index (χ1) is 10.1. The molecule has 114 valence electrons. The number of carboxylic acid groups (broad SMARTS) is 1. The Morgan fingerprint density at radius 3 is 2.52 bits per heavy atom. The van der Waals surface area contributed by atoms with Gasteiger partial charge in [0.05, 0.1) is 13.2 Å². The lowest BCUT2D eigenvalue weighted by Gasteiger charge is -2.27. The minimum atomic E-state index is -1.06. The molecule has 7 nitrogen and oxygen atoms in total. The van der Waals surface area contributed by atoms with E-state index in [2.05, 4.69) is 10.7 Å². The molecule has 2 amide bonds. The maximum absolute atomic E-state index is 11.8. The number of amides is 2. The number of hydrogen-bond acceptors (Lipinski definition) is 4. The molecular formula is C14H19N3O4. The Kier molecular flexibility index (Phi) is 5.53. The van der Waals surface area contributed by atoms with Crippen LogP contribution in [0.1, 0.15) is 5.56 Å². The summed E-state index contributed by atoms with van der Waals surface area (Å²) in [6, 6.07) is 7.71. The number of carbonyl (C=O) groups is 2. The first-order valence-electron chi connectivity index (χ1n) is 6.82. The number of hydrogen-bond donors (Lipinski definition) is 3. The summed E-state index contributed by atoms with van der Waals surface area (Å²) < 4.78 is 5.17. The van der Waals surface area contributed by atoms with Crippen molar-refractivity contribution in [2.24, 2.45) is 0 Å². The lowest BCUT2D eigenvalue weighted by Crippen LogP contribution is -2.55. The van der Waals surface area contributed by atoms with Crippen molar-refractivity contribution in [1.82, 2.24) is 15.8 Å². The zero-order valence-corrected chi connectivity index (χ0v) is 11.6. The summed E-state index contributed by atoms with van der Waals surface area (Å²) in [5.41, 5.74) is 3.49. The van der Waals surface area contributed by atoms with Crippen molar-refractivity contribution in [3.8, 4) is 0 Å². The summed E-state index contributed by atoms with van der Waals surface area (Å²) >= 11 is 0. The SMILES string of the molecule is O=C(N[C@@H](Cc1ccccc1)C(=O)O)NN1CCOCC1. The van der Waals surface area contributed by atoms with Gasteiger partial charge in [-0.05, 0) is 5.56 Å². The van der Waals surface area contributed by atoms with Crippen molar-refractivity contribution in [2.45, 2.75) is 12.5 Å². The van der Waals surface area contributed by atoms with E-state index in [0.717, 1.165) is 5.56 Å². The molecule has 0 unspecified atom stereocenters. The molecule has 1 aliphatic rings. The van der Waals surface area contributed by atoms with Crippen molar-refractivity contribution >= 4 is 12.0 Å². The van der Waals surface area contributed by atoms with Crippen molar-refractivity contribution in [1.29, 1.82) is 0 Å². The van der Waals surface area contributed by atoms with Gasteiger partial charge in [0.2, 0.25) is 0 Å². The third-order valence-electron chi connectivity index (χ3n) is 3.16. The monoisotopic (exact) mass is 293 g/mol. The Bertz CT molecular complexity index is 474. The van der Waals surface area contributed by atoms with Crippen LogP contribution in [-0.2, 0) is 16.0 Å². The fourth-order valence-electron chi connectivity index (χ4n) is 2.06. The first kappa shape index (κ1) is 15.3. The number of morpholine rings is 1. The molecule has 1 aliphatic heterocycles. The van der Waals surface area contributed by atoms with Crippen LogP contribution in [0.15, 0.2) is 30.3 Å². The summed E-state index contributed by atoms with van der Waals surface area (Å²) in [5.74, 6) is -1.06. The fourth-order valence-corrected chi connectivity index (χ4v) is 2.06. The largest absolute Gasteiger partial charge is 0.480 e. The first-order valence-corrected chi connectivity index (χ1v) is 6.82. The van der Waals surface area contributed by atoms with E-state index in [1.807, 2.05) is 30.3 Å². The van der Waals surface area contributed by atoms with Crippen LogP contribution in [0.3, 0.4) is 0 Å². The van der Waals surface area contributed by atoms with Gasteiger partial charge < -0.3 is 15.2 Å². The van der Waals surface area contributed by atoms with Crippen molar-refractivity contribution in [3.63, 3.8) is 0 Å². The van der Waals surface area contributed by atoms with Crippen LogP contribution in [0.25, 0.3) is 0 Å². The number of nitrogens with one attached hydrogen (secondary N) is 2. The predicted molar refractivity (Wildman–Crippen MR) is 75.6 cm³/mol. The van der Waals surface area contributed by atoms with Gasteiger partial charge in [0, 0.05) is 19.5 Å². The van der Waals surface area contributed by atoms with Crippen molar-refractivity contribution < 1.29 is 19.4 Å². The number of rotatable bonds is 5. The number of nitrogens with zero attached hydrogens (tertiary/aromatic N) is 1. The highest BCUT2D eigenvalue weighted by Gasteiger charge is 2.21. The van der Waals surface area contributed by atoms with Gasteiger partial charge in [-0.25, -0.2) is 14.6 Å². The molecule has 1 saturated heterocycles. The van der Waals surface area contributed by atoms with Crippen LogP contribution >= 0.6 is 0 Å². The quantitative estimate of drug-likeness (QED) is 0.723. The number of carboxylic acids is 1. The lowest BCUT2D eigenvalue weighted by molar-refractivity contribution is -0.139. The molecule has 1 heterocycles. The maximum Gasteiger partial charge on any atom is 0.330 e. The number of aliphatic carboxylic acids is 1. The molecule has 21 heavy (non-hydrogen) atoms. The Hall–Kier alpha value is -2.12. The second-order valence-corrected chi connectivity index (χ2v) is 4.77. The van der Waals surface area contributed by atoms with Gasteiger partial charge in [0.15, 0.2) is 0 Å². The van der Waals surface area contributed by atoms with Crippen LogP contribution in [0.2, 0.25) is 0 Å². The standard InChI is InChI=1S/C14H19N3O4/c18-13(19)12(10-11-4-2-1-3-5-11)15-14(20)16-17-6-8-21-9-7-17/h1-5,12H,6-10H2,(H,18,19)(H2,15,16,20)/t12-/m0/s1. The molecule has 1 aromatic rings. The predicted octanol–water partition coefficient (Wildman–Crippen LogP) is 0.229. The fraction of sp³-hybridized carbons (Fsp3) is 0.429. The Morgan fingerprint density at radius 1 is 1.24 bits per heavy atom. The topological polar surface area (TPSA) is 90.9 Å². The Morgan fingerprint density at radius 2 is 1.90 bits per heavy atom. The molecule has 0 saturated carbocycles. The van der Waals surface area contributed by atoms with Gasteiger partial charge in [-0.1, -0.05) is 30.3 Å². The molecule has 0 aromatic heterocycles. The molecule has 0 spiro atoms. The van der Waals surface area contributed by atoms with E-state index in [1.165, 1.54) is 0 Å². The second kappa shape index (κ2) is 7.61. The molecule has 0 bridgehead atoms. The number of urea groups is 1. The molecule has 2 rings (SSSR count). The van der Waals surface area contributed by atoms with E-state index in [0.29, 0.717) is 26.3 Å². The highest BCUT2D eigenvalue weighted by Crippen LogP contribution is 2.03. The third kappa shape index (κ3) is 5.05. The summed E-state index contributed by atoms with van der Waals surface area (Å²) in [6.45, 7) is 2.27. The zero-order chi connectivity index (χ0) is 15.1. The molecule has 0 aliphatic carbocycles. The molecule has 1 atom stereocenters. The van der Waals surface area contributed by atoms with Crippen LogP contribution in [-0.4, -0.2) is 54.5 Å². The van der Waals surface area contributed by atoms with Gasteiger partial charge >= 0.3 is 12.0 Å². The van der Waals surface area contributed by atoms with Gasteiger partial charge in [-0.15, -0.1) is 0 Å². The van der Waals surface area contributed by atoms with Crippen LogP contribution in [0.5, 0.6) is 0 Å². The van der Waals surface area contributed by atoms with Gasteiger partial charge in [-0.3, -0.25) is 5.43 Å². The van der Waals surface area contributed by atoms with Gasteiger partial charge in [0.25, 0.3) is 0 Å². The number of benzene rings is 1. The number of carbonyl (C=O) groups excluding carboxylic acids is 1. The summed E-state index contributed by atoms with van der Waals surface area (Å²) in [7, 11) is 0. The highest BCUT2D eigenvalue weighted by molar-refractivity contribution is 5.82. The Labute approximate surface area is 122 Å². The highest BCUT2D eigenvalue weighted by atomic mass is 16.5. The summed E-state index contributed by atoms with van der Waals surface area (Å²) in [4.78, 5) is 23.1. The van der Waals surface area contributed by atoms with Crippen LogP contribution in [0.4, 0.5) is 4.79 Å². The molecule has 7 heteroatoms. The summed E-state index contributed by atoms with van der Waals surface area (Å²) in [6.07, 6.45) is 0.243. The molecule has 1 aromatic carbocycles. The van der Waals surface area contributed by atoms with Crippen molar-refractivity contribution in [3.05, 3.63) is 35.9 Å². The smallest absolute Gasteiger partial charge is 0.330 e. The van der Waals surface area contributed by atoms with E-state index in [4.69, 9.17) is 4.74 Å². The van der Waals surface area contributed by atoms with E-state index in [9.17, 15) is 14.7 Å². The average Bonchev–Trinajstić information content (AvgIpc) is 2.48. The summed E-state index contributed by atoms with van der Waals surface area (Å²) in [5, 5.41) is 13.4. The maximum atomic E-state index is 11.8. The third-order valence-corrected chi connectivity index (χ3v) is 3.16. The minimum Gasteiger partial charge on any atom is -0.480 e. The van der Waals surface area contributed by atoms with E-state index >= 15 is 0 Å². The van der Waals surface area contributed by atoms with E-state index < -0.39 is 18.0 Å². The van der Waals surface area contributed by atoms with Crippen molar-refractivity contribution in [2.75, 3.05) is 26.3 Å². The zero-order valence-electron chi connectivity index (χ0n) is 11.6. The Balaban J connectivity index is 1.86. The molecular weight excluding hydrogens is 274 g/mol.